The molecular formula is C19H36IN5O3S. The molecule has 2 saturated heterocycles. The Morgan fingerprint density at radius 2 is 1.83 bits per heavy atom. The van der Waals surface area contributed by atoms with Crippen LogP contribution in [-0.2, 0) is 14.8 Å². The van der Waals surface area contributed by atoms with Gasteiger partial charge in [-0.25, -0.2) is 12.7 Å². The maximum absolute atomic E-state index is 12.6. The molecule has 2 N–H and O–H groups in total. The minimum atomic E-state index is -3.11. The summed E-state index contributed by atoms with van der Waals surface area (Å²) in [6.45, 7) is 6.10. The first-order valence-electron chi connectivity index (χ1n) is 10.7. The molecular weight excluding hydrogens is 505 g/mol. The number of nitrogens with one attached hydrogen (secondary N) is 2. The van der Waals surface area contributed by atoms with E-state index >= 15 is 0 Å². The minimum absolute atomic E-state index is 0. The van der Waals surface area contributed by atoms with E-state index < -0.39 is 10.0 Å². The van der Waals surface area contributed by atoms with Crippen molar-refractivity contribution in [2.24, 2.45) is 16.8 Å². The number of amides is 1. The molecule has 10 heteroatoms. The van der Waals surface area contributed by atoms with Crippen LogP contribution < -0.4 is 10.6 Å². The summed E-state index contributed by atoms with van der Waals surface area (Å²) < 4.78 is 24.9. The highest BCUT2D eigenvalue weighted by Gasteiger charge is 2.33. The summed E-state index contributed by atoms with van der Waals surface area (Å²) >= 11 is 0. The third-order valence-electron chi connectivity index (χ3n) is 6.11. The zero-order chi connectivity index (χ0) is 20.1. The second-order valence-electron chi connectivity index (χ2n) is 8.39. The molecule has 8 nitrogen and oxygen atoms in total. The molecule has 0 aromatic carbocycles. The summed E-state index contributed by atoms with van der Waals surface area (Å²) in [5, 5.41) is 6.75. The van der Waals surface area contributed by atoms with Crippen molar-refractivity contribution >= 4 is 45.9 Å². The zero-order valence-electron chi connectivity index (χ0n) is 17.6. The van der Waals surface area contributed by atoms with Gasteiger partial charge in [0.2, 0.25) is 15.9 Å². The molecule has 0 aromatic rings. The normalized spacial score (nSPS) is 26.6. The van der Waals surface area contributed by atoms with Crippen molar-refractivity contribution in [3.63, 3.8) is 0 Å². The van der Waals surface area contributed by atoms with Crippen molar-refractivity contribution in [2.45, 2.75) is 51.5 Å². The van der Waals surface area contributed by atoms with Crippen LogP contribution in [0.25, 0.3) is 0 Å². The van der Waals surface area contributed by atoms with Crippen LogP contribution in [0.5, 0.6) is 0 Å². The topological polar surface area (TPSA) is 94.1 Å². The van der Waals surface area contributed by atoms with E-state index in [1.54, 1.807) is 0 Å². The Kier molecular flexibility index (Phi) is 9.46. The van der Waals surface area contributed by atoms with Crippen molar-refractivity contribution < 1.29 is 13.2 Å². The molecule has 1 saturated carbocycles. The average molecular weight is 542 g/mol. The second-order valence-corrected chi connectivity index (χ2v) is 10.4. The lowest BCUT2D eigenvalue weighted by atomic mass is 10.1. The molecule has 3 aliphatic rings. The number of carbonyl (C=O) groups is 1. The van der Waals surface area contributed by atoms with Gasteiger partial charge in [0.15, 0.2) is 5.96 Å². The van der Waals surface area contributed by atoms with E-state index in [1.165, 1.54) is 23.4 Å². The number of carbonyl (C=O) groups excluding carboxylic acids is 1. The van der Waals surface area contributed by atoms with Gasteiger partial charge in [-0.1, -0.05) is 12.8 Å². The molecule has 0 bridgehead atoms. The predicted octanol–water partition coefficient (Wildman–Crippen LogP) is 1.23. The quantitative estimate of drug-likeness (QED) is 0.300. The first kappa shape index (κ1) is 24.6. The number of nitrogens with zero attached hydrogens (tertiary/aromatic N) is 3. The van der Waals surface area contributed by atoms with E-state index in [1.807, 2.05) is 11.8 Å². The molecule has 29 heavy (non-hydrogen) atoms. The van der Waals surface area contributed by atoms with Gasteiger partial charge in [-0.2, -0.15) is 0 Å². The molecule has 3 rings (SSSR count). The summed E-state index contributed by atoms with van der Waals surface area (Å²) in [4.78, 5) is 19.3. The predicted molar refractivity (Wildman–Crippen MR) is 126 cm³/mol. The van der Waals surface area contributed by atoms with Gasteiger partial charge < -0.3 is 15.5 Å². The fraction of sp³-hybridized carbons (Fsp3) is 0.895. The Hall–Kier alpha value is -0.620. The van der Waals surface area contributed by atoms with E-state index in [4.69, 9.17) is 4.99 Å². The van der Waals surface area contributed by atoms with Gasteiger partial charge in [0.05, 0.1) is 6.26 Å². The average Bonchev–Trinajstić information content (AvgIpc) is 3.39. The van der Waals surface area contributed by atoms with Crippen LogP contribution in [0.4, 0.5) is 0 Å². The smallest absolute Gasteiger partial charge is 0.225 e. The molecule has 1 amide bonds. The van der Waals surface area contributed by atoms with Crippen molar-refractivity contribution in [1.82, 2.24) is 19.8 Å². The lowest BCUT2D eigenvalue weighted by molar-refractivity contribution is -0.134. The third kappa shape index (κ3) is 6.95. The monoisotopic (exact) mass is 541 g/mol. The molecule has 0 spiro atoms. The van der Waals surface area contributed by atoms with Crippen LogP contribution in [0.2, 0.25) is 0 Å². The van der Waals surface area contributed by atoms with Crippen molar-refractivity contribution in [3.05, 3.63) is 0 Å². The highest BCUT2D eigenvalue weighted by Crippen LogP contribution is 2.27. The van der Waals surface area contributed by atoms with E-state index in [2.05, 4.69) is 10.6 Å². The maximum Gasteiger partial charge on any atom is 0.225 e. The Bertz CT molecular complexity index is 681. The van der Waals surface area contributed by atoms with Gasteiger partial charge in [-0.3, -0.25) is 9.79 Å². The Morgan fingerprint density at radius 3 is 2.45 bits per heavy atom. The number of halogens is 1. The molecule has 2 unspecified atom stereocenters. The molecule has 3 fully saturated rings. The highest BCUT2D eigenvalue weighted by atomic mass is 127. The molecule has 2 heterocycles. The lowest BCUT2D eigenvalue weighted by Crippen LogP contribution is -2.45. The highest BCUT2D eigenvalue weighted by molar-refractivity contribution is 14.0. The van der Waals surface area contributed by atoms with Crippen LogP contribution in [-0.4, -0.2) is 81.1 Å². The first-order chi connectivity index (χ1) is 13.4. The fourth-order valence-corrected chi connectivity index (χ4v) is 5.41. The van der Waals surface area contributed by atoms with Crippen LogP contribution >= 0.6 is 24.0 Å². The van der Waals surface area contributed by atoms with Crippen LogP contribution in [0.3, 0.4) is 0 Å². The lowest BCUT2D eigenvalue weighted by Gasteiger charge is -2.21. The van der Waals surface area contributed by atoms with Crippen LogP contribution in [0, 0.1) is 11.8 Å². The number of hydrogen-bond donors (Lipinski definition) is 2. The second kappa shape index (κ2) is 11.1. The van der Waals surface area contributed by atoms with Gasteiger partial charge in [0, 0.05) is 51.2 Å². The molecule has 1 aliphatic carbocycles. The number of likely N-dealkylation sites (tertiary alicyclic amines) is 1. The van der Waals surface area contributed by atoms with Gasteiger partial charge in [0.1, 0.15) is 0 Å². The van der Waals surface area contributed by atoms with Gasteiger partial charge in [-0.15, -0.1) is 24.0 Å². The van der Waals surface area contributed by atoms with Crippen LogP contribution in [0.1, 0.15) is 45.4 Å². The van der Waals surface area contributed by atoms with Crippen LogP contribution in [0.15, 0.2) is 4.99 Å². The zero-order valence-corrected chi connectivity index (χ0v) is 20.7. The van der Waals surface area contributed by atoms with E-state index in [-0.39, 0.29) is 41.9 Å². The fourth-order valence-electron chi connectivity index (χ4n) is 4.49. The summed E-state index contributed by atoms with van der Waals surface area (Å²) in [6.07, 6.45) is 7.51. The molecule has 0 aromatic heterocycles. The van der Waals surface area contributed by atoms with Crippen molar-refractivity contribution in [2.75, 3.05) is 45.5 Å². The minimum Gasteiger partial charge on any atom is -0.357 e. The summed E-state index contributed by atoms with van der Waals surface area (Å²) in [5.74, 6) is 1.59. The van der Waals surface area contributed by atoms with Crippen molar-refractivity contribution in [3.8, 4) is 0 Å². The SMILES string of the molecule is CCNC(=NCC1CCN(S(C)(=O)=O)C1)NC1CCN(C(=O)C2CCCC2)C1.I. The van der Waals surface area contributed by atoms with Gasteiger partial charge >= 0.3 is 0 Å². The number of hydrogen-bond acceptors (Lipinski definition) is 4. The molecule has 2 atom stereocenters. The summed E-state index contributed by atoms with van der Waals surface area (Å²) in [5.41, 5.74) is 0. The van der Waals surface area contributed by atoms with Crippen molar-refractivity contribution in [1.29, 1.82) is 0 Å². The summed E-state index contributed by atoms with van der Waals surface area (Å²) in [7, 11) is -3.11. The molecule has 2 aliphatic heterocycles. The number of rotatable bonds is 6. The molecule has 0 radical (unpaired) electrons. The third-order valence-corrected chi connectivity index (χ3v) is 7.38. The Morgan fingerprint density at radius 1 is 1.10 bits per heavy atom. The maximum atomic E-state index is 12.6. The van der Waals surface area contributed by atoms with E-state index in [0.29, 0.717) is 25.5 Å². The largest absolute Gasteiger partial charge is 0.357 e. The Balaban J connectivity index is 0.00000300. The number of guanidine groups is 1. The Labute approximate surface area is 192 Å². The summed E-state index contributed by atoms with van der Waals surface area (Å²) in [6, 6.07) is 0.222. The number of sulfonamides is 1. The van der Waals surface area contributed by atoms with E-state index in [0.717, 1.165) is 51.3 Å². The van der Waals surface area contributed by atoms with Gasteiger partial charge in [0.25, 0.3) is 0 Å². The molecule has 168 valence electrons. The number of aliphatic imine (C=N–C) groups is 1. The van der Waals surface area contributed by atoms with E-state index in [9.17, 15) is 13.2 Å². The first-order valence-corrected chi connectivity index (χ1v) is 12.5. The van der Waals surface area contributed by atoms with Gasteiger partial charge in [-0.05, 0) is 38.5 Å². The standard InChI is InChI=1S/C19H35N5O3S.HI/c1-3-20-19(21-12-15-8-11-24(13-15)28(2,26)27)22-17-9-10-23(14-17)18(25)16-6-4-5-7-16;/h15-17H,3-14H2,1-2H3,(H2,20,21,22);1H.